The van der Waals surface area contributed by atoms with Crippen molar-refractivity contribution in [3.63, 3.8) is 0 Å². The second-order valence-corrected chi connectivity index (χ2v) is 5.23. The number of halogens is 3. The molecule has 5 heteroatoms. The Bertz CT molecular complexity index is 220. The molecule has 1 fully saturated rings. The van der Waals surface area contributed by atoms with Crippen LogP contribution >= 0.6 is 0 Å². The molecule has 1 rings (SSSR count). The van der Waals surface area contributed by atoms with Gasteiger partial charge in [0.05, 0.1) is 6.54 Å². The molecule has 1 saturated heterocycles. The Labute approximate surface area is 95.2 Å². The number of rotatable bonds is 4. The van der Waals surface area contributed by atoms with Gasteiger partial charge in [0.15, 0.2) is 0 Å². The van der Waals surface area contributed by atoms with Crippen molar-refractivity contribution >= 4 is 0 Å². The van der Waals surface area contributed by atoms with Crippen LogP contribution in [0.5, 0.6) is 0 Å². The molecule has 1 atom stereocenters. The van der Waals surface area contributed by atoms with Gasteiger partial charge in [-0.2, -0.15) is 13.2 Å². The van der Waals surface area contributed by atoms with Crippen LogP contribution in [0, 0.1) is 11.3 Å². The number of hydrogen-bond acceptors (Lipinski definition) is 2. The highest BCUT2D eigenvalue weighted by Crippen LogP contribution is 2.35. The van der Waals surface area contributed by atoms with Crippen LogP contribution in [0.15, 0.2) is 0 Å². The van der Waals surface area contributed by atoms with Gasteiger partial charge in [-0.3, -0.25) is 4.90 Å². The SMILES string of the molecule is CC(C)C1(CN(C)CC(F)(F)F)CCNC1. The maximum absolute atomic E-state index is 12.2. The fourth-order valence-electron chi connectivity index (χ4n) is 2.47. The smallest absolute Gasteiger partial charge is 0.316 e. The van der Waals surface area contributed by atoms with Gasteiger partial charge < -0.3 is 5.32 Å². The maximum atomic E-state index is 12.2. The van der Waals surface area contributed by atoms with Crippen LogP contribution < -0.4 is 5.32 Å². The highest BCUT2D eigenvalue weighted by molar-refractivity contribution is 4.92. The number of hydrogen-bond donors (Lipinski definition) is 1. The van der Waals surface area contributed by atoms with Gasteiger partial charge in [0.2, 0.25) is 0 Å². The quantitative estimate of drug-likeness (QED) is 0.807. The lowest BCUT2D eigenvalue weighted by Crippen LogP contribution is -2.44. The van der Waals surface area contributed by atoms with E-state index in [-0.39, 0.29) is 5.41 Å². The molecule has 16 heavy (non-hydrogen) atoms. The molecule has 0 bridgehead atoms. The summed E-state index contributed by atoms with van der Waals surface area (Å²) >= 11 is 0. The summed E-state index contributed by atoms with van der Waals surface area (Å²) in [5.41, 5.74) is 0.000000000000000222. The molecule has 1 unspecified atom stereocenters. The molecule has 1 aliphatic heterocycles. The highest BCUT2D eigenvalue weighted by atomic mass is 19.4. The van der Waals surface area contributed by atoms with E-state index in [2.05, 4.69) is 19.2 Å². The molecule has 0 aliphatic carbocycles. The third kappa shape index (κ3) is 3.63. The molecule has 1 aliphatic rings. The minimum absolute atomic E-state index is 0.000000000000000222. The molecule has 1 N–H and O–H groups in total. The minimum Gasteiger partial charge on any atom is -0.316 e. The molecule has 0 saturated carbocycles. The van der Waals surface area contributed by atoms with E-state index in [1.54, 1.807) is 7.05 Å². The van der Waals surface area contributed by atoms with Crippen molar-refractivity contribution in [1.29, 1.82) is 0 Å². The van der Waals surface area contributed by atoms with Crippen molar-refractivity contribution in [3.05, 3.63) is 0 Å². The van der Waals surface area contributed by atoms with Gasteiger partial charge in [-0.05, 0) is 31.3 Å². The summed E-state index contributed by atoms with van der Waals surface area (Å²) in [5, 5.41) is 3.25. The normalized spacial score (nSPS) is 27.0. The van der Waals surface area contributed by atoms with E-state index in [1.165, 1.54) is 4.90 Å². The Morgan fingerprint density at radius 2 is 2.00 bits per heavy atom. The zero-order valence-corrected chi connectivity index (χ0v) is 10.2. The first kappa shape index (κ1) is 13.8. The van der Waals surface area contributed by atoms with Gasteiger partial charge in [-0.1, -0.05) is 13.8 Å². The van der Waals surface area contributed by atoms with Crippen LogP contribution in [-0.4, -0.2) is 44.3 Å². The van der Waals surface area contributed by atoms with Gasteiger partial charge >= 0.3 is 6.18 Å². The molecule has 1 heterocycles. The van der Waals surface area contributed by atoms with Crippen molar-refractivity contribution in [2.45, 2.75) is 26.4 Å². The number of alkyl halides is 3. The summed E-state index contributed by atoms with van der Waals surface area (Å²) in [6, 6.07) is 0. The molecule has 96 valence electrons. The molecule has 2 nitrogen and oxygen atoms in total. The van der Waals surface area contributed by atoms with Crippen LogP contribution in [0.4, 0.5) is 13.2 Å². The van der Waals surface area contributed by atoms with E-state index in [1.807, 2.05) is 0 Å². The van der Waals surface area contributed by atoms with Gasteiger partial charge in [-0.15, -0.1) is 0 Å². The second kappa shape index (κ2) is 4.92. The highest BCUT2D eigenvalue weighted by Gasteiger charge is 2.39. The topological polar surface area (TPSA) is 15.3 Å². The Balaban J connectivity index is 2.56. The predicted octanol–water partition coefficient (Wildman–Crippen LogP) is 2.12. The second-order valence-electron chi connectivity index (χ2n) is 5.23. The van der Waals surface area contributed by atoms with Crippen LogP contribution in [0.1, 0.15) is 20.3 Å². The fraction of sp³-hybridized carbons (Fsp3) is 1.00. The lowest BCUT2D eigenvalue weighted by atomic mass is 9.76. The van der Waals surface area contributed by atoms with Gasteiger partial charge in [0, 0.05) is 13.1 Å². The lowest BCUT2D eigenvalue weighted by Gasteiger charge is -2.36. The molecular formula is C11H21F3N2. The van der Waals surface area contributed by atoms with Crippen molar-refractivity contribution in [1.82, 2.24) is 10.2 Å². The minimum atomic E-state index is -4.10. The van der Waals surface area contributed by atoms with Crippen LogP contribution in [0.2, 0.25) is 0 Å². The predicted molar refractivity (Wildman–Crippen MR) is 58.3 cm³/mol. The van der Waals surface area contributed by atoms with Crippen LogP contribution in [0.25, 0.3) is 0 Å². The van der Waals surface area contributed by atoms with Gasteiger partial charge in [0.1, 0.15) is 0 Å². The lowest BCUT2D eigenvalue weighted by molar-refractivity contribution is -0.146. The van der Waals surface area contributed by atoms with E-state index in [9.17, 15) is 13.2 Å². The van der Waals surface area contributed by atoms with Crippen molar-refractivity contribution < 1.29 is 13.2 Å². The molecule has 0 aromatic heterocycles. The summed E-state index contributed by atoms with van der Waals surface area (Å²) in [7, 11) is 1.55. The zero-order valence-electron chi connectivity index (χ0n) is 10.2. The molecule has 0 radical (unpaired) electrons. The van der Waals surface area contributed by atoms with E-state index in [0.29, 0.717) is 12.5 Å². The molecule has 0 aromatic rings. The summed E-state index contributed by atoms with van der Waals surface area (Å²) in [5.74, 6) is 0.401. The van der Waals surface area contributed by atoms with Crippen LogP contribution in [0.3, 0.4) is 0 Å². The summed E-state index contributed by atoms with van der Waals surface area (Å²) < 4.78 is 36.7. The third-order valence-corrected chi connectivity index (χ3v) is 3.54. The fourth-order valence-corrected chi connectivity index (χ4v) is 2.47. The Kier molecular flexibility index (Phi) is 4.23. The Hall–Kier alpha value is -0.290. The first-order valence-corrected chi connectivity index (χ1v) is 5.71. The number of nitrogens with zero attached hydrogens (tertiary/aromatic N) is 1. The first-order valence-electron chi connectivity index (χ1n) is 5.71. The van der Waals surface area contributed by atoms with Crippen molar-refractivity contribution in [2.75, 3.05) is 33.2 Å². The maximum Gasteiger partial charge on any atom is 0.401 e. The standard InChI is InChI=1S/C11H21F3N2/c1-9(2)10(4-5-15-6-10)7-16(3)8-11(12,13)14/h9,15H,4-8H2,1-3H3. The van der Waals surface area contributed by atoms with Gasteiger partial charge in [0.25, 0.3) is 0 Å². The van der Waals surface area contributed by atoms with E-state index < -0.39 is 12.7 Å². The summed E-state index contributed by atoms with van der Waals surface area (Å²) in [6.07, 6.45) is -3.13. The van der Waals surface area contributed by atoms with Crippen molar-refractivity contribution in [3.8, 4) is 0 Å². The molecular weight excluding hydrogens is 217 g/mol. The molecule has 0 spiro atoms. The van der Waals surface area contributed by atoms with Crippen molar-refractivity contribution in [2.24, 2.45) is 11.3 Å². The zero-order chi connectivity index (χ0) is 12.4. The first-order chi connectivity index (χ1) is 7.25. The molecule has 0 amide bonds. The Morgan fingerprint density at radius 1 is 1.38 bits per heavy atom. The molecule has 0 aromatic carbocycles. The largest absolute Gasteiger partial charge is 0.401 e. The summed E-state index contributed by atoms with van der Waals surface area (Å²) in [4.78, 5) is 1.40. The van der Waals surface area contributed by atoms with E-state index >= 15 is 0 Å². The Morgan fingerprint density at radius 3 is 2.38 bits per heavy atom. The van der Waals surface area contributed by atoms with Crippen LogP contribution in [-0.2, 0) is 0 Å². The average Bonchev–Trinajstić information content (AvgIpc) is 2.49. The number of nitrogens with one attached hydrogen (secondary N) is 1. The summed E-state index contributed by atoms with van der Waals surface area (Å²) in [6.45, 7) is 5.62. The van der Waals surface area contributed by atoms with E-state index in [0.717, 1.165) is 19.5 Å². The third-order valence-electron chi connectivity index (χ3n) is 3.54. The van der Waals surface area contributed by atoms with Gasteiger partial charge in [-0.25, -0.2) is 0 Å². The van der Waals surface area contributed by atoms with E-state index in [4.69, 9.17) is 0 Å². The average molecular weight is 238 g/mol. The monoisotopic (exact) mass is 238 g/mol.